The second-order valence-corrected chi connectivity index (χ2v) is 9.92. The van der Waals surface area contributed by atoms with E-state index in [1.54, 1.807) is 4.68 Å². The smallest absolute Gasteiger partial charge is 0.129 e. The van der Waals surface area contributed by atoms with E-state index >= 15 is 0 Å². The van der Waals surface area contributed by atoms with Crippen molar-refractivity contribution >= 4 is 28.1 Å². The first kappa shape index (κ1) is 23.9. The number of benzene rings is 3. The van der Waals surface area contributed by atoms with E-state index in [1.165, 1.54) is 11.1 Å². The Balaban J connectivity index is 1.25. The zero-order chi connectivity index (χ0) is 26.2. The number of rotatable bonds is 5. The molecule has 2 aromatic heterocycles. The van der Waals surface area contributed by atoms with E-state index < -0.39 is 0 Å². The topological polar surface area (TPSA) is 98.9 Å². The number of nitrogen functional groups attached to an aromatic ring is 2. The first-order chi connectivity index (χ1) is 18.5. The Bertz CT molecular complexity index is 1650. The van der Waals surface area contributed by atoms with Crippen LogP contribution in [0.4, 0.5) is 11.5 Å². The summed E-state index contributed by atoms with van der Waals surface area (Å²) in [6.45, 7) is 4.79. The molecule has 0 amide bonds. The molecule has 7 heteroatoms. The molecule has 38 heavy (non-hydrogen) atoms. The first-order valence-corrected chi connectivity index (χ1v) is 12.9. The van der Waals surface area contributed by atoms with Gasteiger partial charge in [-0.3, -0.25) is 9.58 Å². The second-order valence-electron chi connectivity index (χ2n) is 9.92. The molecule has 0 spiro atoms. The SMILES string of the molecule is Cc1nn(C)c(N)c1C1=CCN(Cc2ccc(-c3nc4ccc(N)cc4nc3-c3ccccc3)cc2)CC1. The van der Waals surface area contributed by atoms with Crippen LogP contribution in [0.15, 0.2) is 78.9 Å². The maximum absolute atomic E-state index is 6.27. The van der Waals surface area contributed by atoms with Crippen LogP contribution in [0, 0.1) is 6.92 Å². The molecule has 0 fully saturated rings. The lowest BCUT2D eigenvalue weighted by atomic mass is 9.98. The van der Waals surface area contributed by atoms with Gasteiger partial charge in [0.25, 0.3) is 0 Å². The van der Waals surface area contributed by atoms with Gasteiger partial charge in [0.05, 0.1) is 28.1 Å². The van der Waals surface area contributed by atoms with E-state index in [0.29, 0.717) is 5.69 Å². The van der Waals surface area contributed by atoms with Gasteiger partial charge in [-0.1, -0.05) is 60.7 Å². The summed E-state index contributed by atoms with van der Waals surface area (Å²) in [7, 11) is 1.90. The Hall–Kier alpha value is -4.49. The molecule has 3 heterocycles. The molecule has 0 saturated carbocycles. The highest BCUT2D eigenvalue weighted by Crippen LogP contribution is 2.33. The Morgan fingerprint density at radius 1 is 0.842 bits per heavy atom. The molecule has 0 aliphatic carbocycles. The van der Waals surface area contributed by atoms with E-state index in [9.17, 15) is 0 Å². The van der Waals surface area contributed by atoms with Crippen molar-refractivity contribution in [3.63, 3.8) is 0 Å². The van der Waals surface area contributed by atoms with Crippen molar-refractivity contribution in [3.05, 3.63) is 95.7 Å². The van der Waals surface area contributed by atoms with Crippen LogP contribution in [0.2, 0.25) is 0 Å². The van der Waals surface area contributed by atoms with Crippen molar-refractivity contribution < 1.29 is 0 Å². The molecule has 0 radical (unpaired) electrons. The van der Waals surface area contributed by atoms with E-state index in [0.717, 1.165) is 76.7 Å². The molecule has 0 saturated heterocycles. The minimum absolute atomic E-state index is 0.682. The summed E-state index contributed by atoms with van der Waals surface area (Å²) >= 11 is 0. The molecule has 190 valence electrons. The second kappa shape index (κ2) is 9.76. The van der Waals surface area contributed by atoms with E-state index in [4.69, 9.17) is 21.4 Å². The molecule has 5 aromatic rings. The third kappa shape index (κ3) is 4.53. The number of aryl methyl sites for hydroxylation is 2. The van der Waals surface area contributed by atoms with Gasteiger partial charge in [0.2, 0.25) is 0 Å². The maximum Gasteiger partial charge on any atom is 0.129 e. The van der Waals surface area contributed by atoms with Crippen molar-refractivity contribution in [1.82, 2.24) is 24.6 Å². The van der Waals surface area contributed by atoms with Crippen molar-refractivity contribution in [2.75, 3.05) is 24.6 Å². The fourth-order valence-corrected chi connectivity index (χ4v) is 5.25. The maximum atomic E-state index is 6.27. The van der Waals surface area contributed by atoms with Crippen LogP contribution in [0.5, 0.6) is 0 Å². The largest absolute Gasteiger partial charge is 0.399 e. The third-order valence-corrected chi connectivity index (χ3v) is 7.25. The Morgan fingerprint density at radius 3 is 2.21 bits per heavy atom. The average molecular weight is 502 g/mol. The normalized spacial score (nSPS) is 14.1. The van der Waals surface area contributed by atoms with Gasteiger partial charge in [0.1, 0.15) is 5.82 Å². The molecule has 0 unspecified atom stereocenters. The highest BCUT2D eigenvalue weighted by Gasteiger charge is 2.20. The average Bonchev–Trinajstić information content (AvgIpc) is 3.20. The predicted octanol–water partition coefficient (Wildman–Crippen LogP) is 5.46. The van der Waals surface area contributed by atoms with E-state index in [-0.39, 0.29) is 0 Å². The summed E-state index contributed by atoms with van der Waals surface area (Å²) in [6, 6.07) is 24.6. The molecular formula is C31H31N7. The molecule has 1 aliphatic heterocycles. The number of fused-ring (bicyclic) bond motifs is 1. The number of nitrogens with two attached hydrogens (primary N) is 2. The molecule has 0 bridgehead atoms. The fourth-order valence-electron chi connectivity index (χ4n) is 5.25. The monoisotopic (exact) mass is 501 g/mol. The van der Waals surface area contributed by atoms with Gasteiger partial charge < -0.3 is 11.5 Å². The Labute approximate surface area is 222 Å². The van der Waals surface area contributed by atoms with Crippen LogP contribution >= 0.6 is 0 Å². The zero-order valence-electron chi connectivity index (χ0n) is 21.7. The zero-order valence-corrected chi connectivity index (χ0v) is 21.7. The lowest BCUT2D eigenvalue weighted by molar-refractivity contribution is 0.294. The summed E-state index contributed by atoms with van der Waals surface area (Å²) < 4.78 is 1.76. The minimum atomic E-state index is 0.682. The molecule has 0 atom stereocenters. The summed E-state index contributed by atoms with van der Waals surface area (Å²) in [5.74, 6) is 0.743. The number of hydrogen-bond acceptors (Lipinski definition) is 6. The van der Waals surface area contributed by atoms with Crippen LogP contribution in [-0.2, 0) is 13.6 Å². The van der Waals surface area contributed by atoms with Crippen LogP contribution in [0.25, 0.3) is 39.1 Å². The lowest BCUT2D eigenvalue weighted by Gasteiger charge is -2.26. The molecule has 1 aliphatic rings. The van der Waals surface area contributed by atoms with Gasteiger partial charge in [-0.15, -0.1) is 0 Å². The molecule has 4 N–H and O–H groups in total. The standard InChI is InChI=1S/C31H31N7/c1-20-28(31(33)37(2)36-20)22-14-16-38(17-15-22)19-21-8-10-24(11-9-21)30-29(23-6-4-3-5-7-23)35-27-18-25(32)12-13-26(27)34-30/h3-14,18H,15-17,19,32-33H2,1-2H3. The number of nitrogens with zero attached hydrogens (tertiary/aromatic N) is 5. The summed E-state index contributed by atoms with van der Waals surface area (Å²) in [6.07, 6.45) is 3.26. The van der Waals surface area contributed by atoms with Crippen LogP contribution < -0.4 is 11.5 Å². The van der Waals surface area contributed by atoms with Gasteiger partial charge in [0, 0.05) is 49.1 Å². The fraction of sp³-hybridized carbons (Fsp3) is 0.194. The van der Waals surface area contributed by atoms with Gasteiger partial charge >= 0.3 is 0 Å². The number of anilines is 2. The van der Waals surface area contributed by atoms with Crippen molar-refractivity contribution in [1.29, 1.82) is 0 Å². The Morgan fingerprint density at radius 2 is 1.55 bits per heavy atom. The molecule has 7 nitrogen and oxygen atoms in total. The third-order valence-electron chi connectivity index (χ3n) is 7.25. The van der Waals surface area contributed by atoms with Crippen molar-refractivity contribution in [3.8, 4) is 22.5 Å². The highest BCUT2D eigenvalue weighted by molar-refractivity contribution is 5.87. The summed E-state index contributed by atoms with van der Waals surface area (Å²) in [5, 5.41) is 4.47. The highest BCUT2D eigenvalue weighted by atomic mass is 15.3. The summed E-state index contributed by atoms with van der Waals surface area (Å²) in [4.78, 5) is 12.4. The lowest BCUT2D eigenvalue weighted by Crippen LogP contribution is -2.28. The molecule has 3 aromatic carbocycles. The minimum Gasteiger partial charge on any atom is -0.399 e. The predicted molar refractivity (Wildman–Crippen MR) is 155 cm³/mol. The van der Waals surface area contributed by atoms with E-state index in [2.05, 4.69) is 52.5 Å². The molecular weight excluding hydrogens is 470 g/mol. The molecule has 6 rings (SSSR count). The number of hydrogen-bond donors (Lipinski definition) is 2. The van der Waals surface area contributed by atoms with Crippen molar-refractivity contribution in [2.24, 2.45) is 7.05 Å². The van der Waals surface area contributed by atoms with Crippen LogP contribution in [0.1, 0.15) is 23.2 Å². The Kier molecular flexibility index (Phi) is 6.13. The first-order valence-electron chi connectivity index (χ1n) is 12.9. The van der Waals surface area contributed by atoms with Crippen LogP contribution in [0.3, 0.4) is 0 Å². The number of aromatic nitrogens is 4. The van der Waals surface area contributed by atoms with Gasteiger partial charge in [0.15, 0.2) is 0 Å². The summed E-state index contributed by atoms with van der Waals surface area (Å²) in [5.41, 5.74) is 23.1. The van der Waals surface area contributed by atoms with Crippen molar-refractivity contribution in [2.45, 2.75) is 19.9 Å². The van der Waals surface area contributed by atoms with Crippen LogP contribution in [-0.4, -0.2) is 37.7 Å². The van der Waals surface area contributed by atoms with Gasteiger partial charge in [-0.05, 0) is 42.7 Å². The van der Waals surface area contributed by atoms with Gasteiger partial charge in [-0.2, -0.15) is 5.10 Å². The van der Waals surface area contributed by atoms with Gasteiger partial charge in [-0.25, -0.2) is 9.97 Å². The quantitative estimate of drug-likeness (QED) is 0.310. The van der Waals surface area contributed by atoms with E-state index in [1.807, 2.05) is 50.4 Å².